The largest absolute Gasteiger partial charge is 0.355 e. The van der Waals surface area contributed by atoms with Gasteiger partial charge < -0.3 is 4.98 Å². The molecule has 0 aromatic carbocycles. The molecule has 8 nitrogen and oxygen atoms in total. The number of pyridine rings is 2. The lowest BCUT2D eigenvalue weighted by atomic mass is 10.0. The van der Waals surface area contributed by atoms with Gasteiger partial charge in [0.25, 0.3) is 0 Å². The van der Waals surface area contributed by atoms with E-state index >= 15 is 0 Å². The van der Waals surface area contributed by atoms with Gasteiger partial charge in [0.05, 0.1) is 35.3 Å². The number of nitrogens with zero attached hydrogens (tertiary/aromatic N) is 6. The molecule has 6 rings (SSSR count). The van der Waals surface area contributed by atoms with E-state index in [1.165, 1.54) is 6.33 Å². The number of H-pyrrole nitrogens is 2. The molecular formula is C23H16N8. The van der Waals surface area contributed by atoms with Crippen LogP contribution in [0.1, 0.15) is 17.0 Å². The van der Waals surface area contributed by atoms with Crippen LogP contribution < -0.4 is 0 Å². The highest BCUT2D eigenvalue weighted by molar-refractivity contribution is 5.96. The van der Waals surface area contributed by atoms with E-state index in [2.05, 4.69) is 46.2 Å². The van der Waals surface area contributed by atoms with Crippen molar-refractivity contribution in [2.24, 2.45) is 4.99 Å². The first kappa shape index (κ1) is 17.4. The molecular weight excluding hydrogens is 388 g/mol. The van der Waals surface area contributed by atoms with Crippen molar-refractivity contribution < 1.29 is 0 Å². The van der Waals surface area contributed by atoms with E-state index < -0.39 is 0 Å². The molecule has 0 atom stereocenters. The fourth-order valence-electron chi connectivity index (χ4n) is 3.81. The second-order valence-corrected chi connectivity index (χ2v) is 7.17. The zero-order chi connectivity index (χ0) is 20.6. The Morgan fingerprint density at radius 1 is 0.935 bits per heavy atom. The smallest absolute Gasteiger partial charge is 0.116 e. The predicted molar refractivity (Wildman–Crippen MR) is 118 cm³/mol. The summed E-state index contributed by atoms with van der Waals surface area (Å²) in [6.45, 7) is 0.568. The topological polar surface area (TPSA) is 108 Å². The van der Waals surface area contributed by atoms with Crippen molar-refractivity contribution in [3.05, 3.63) is 84.5 Å². The predicted octanol–water partition coefficient (Wildman–Crippen LogP) is 3.82. The standard InChI is InChI=1S/C23H16N8/c1-2-5-27-18(3-1)15-4-6-24-11-21-16(15)7-20(29-21)23-17-8-19(14-9-25-13-26-10-14)28-12-22(17)30-31-23/h1-10,12-13,29H,11H2,(H,30,31). The molecule has 31 heavy (non-hydrogen) atoms. The van der Waals surface area contributed by atoms with Crippen molar-refractivity contribution in [2.75, 3.05) is 0 Å². The summed E-state index contributed by atoms with van der Waals surface area (Å²) in [6, 6.07) is 10.0. The molecule has 8 heteroatoms. The van der Waals surface area contributed by atoms with Crippen LogP contribution >= 0.6 is 0 Å². The Labute approximate surface area is 176 Å². The Kier molecular flexibility index (Phi) is 3.99. The van der Waals surface area contributed by atoms with Crippen LogP contribution in [0.15, 0.2) is 72.5 Å². The van der Waals surface area contributed by atoms with Gasteiger partial charge >= 0.3 is 0 Å². The van der Waals surface area contributed by atoms with Gasteiger partial charge in [-0.05, 0) is 30.3 Å². The average molecular weight is 404 g/mol. The highest BCUT2D eigenvalue weighted by Gasteiger charge is 2.19. The quantitative estimate of drug-likeness (QED) is 0.475. The summed E-state index contributed by atoms with van der Waals surface area (Å²) in [7, 11) is 0. The van der Waals surface area contributed by atoms with E-state index in [-0.39, 0.29) is 0 Å². The highest BCUT2D eigenvalue weighted by Crippen LogP contribution is 2.34. The first-order valence-electron chi connectivity index (χ1n) is 9.80. The van der Waals surface area contributed by atoms with Crippen LogP contribution in [0.25, 0.3) is 39.1 Å². The van der Waals surface area contributed by atoms with Gasteiger partial charge in [0.1, 0.15) is 12.0 Å². The third-order valence-electron chi connectivity index (χ3n) is 5.29. The normalized spacial score (nSPS) is 13.1. The van der Waals surface area contributed by atoms with Gasteiger partial charge in [0, 0.05) is 52.6 Å². The number of rotatable bonds is 3. The molecule has 148 valence electrons. The monoisotopic (exact) mass is 404 g/mol. The minimum absolute atomic E-state index is 0.568. The third-order valence-corrected chi connectivity index (χ3v) is 5.29. The molecule has 5 aromatic heterocycles. The summed E-state index contributed by atoms with van der Waals surface area (Å²) in [6.07, 6.45) is 12.4. The average Bonchev–Trinajstić information content (AvgIpc) is 3.39. The number of aromatic nitrogens is 7. The Morgan fingerprint density at radius 2 is 1.87 bits per heavy atom. The van der Waals surface area contributed by atoms with Crippen molar-refractivity contribution in [3.63, 3.8) is 0 Å². The van der Waals surface area contributed by atoms with Crippen molar-refractivity contribution in [1.82, 2.24) is 35.1 Å². The second-order valence-electron chi connectivity index (χ2n) is 7.17. The fraction of sp³-hybridized carbons (Fsp3) is 0.0435. The van der Waals surface area contributed by atoms with E-state index in [4.69, 9.17) is 0 Å². The maximum atomic E-state index is 4.56. The number of allylic oxidation sites excluding steroid dienone is 1. The number of hydrogen-bond donors (Lipinski definition) is 2. The summed E-state index contributed by atoms with van der Waals surface area (Å²) in [4.78, 5) is 25.2. The molecule has 6 heterocycles. The van der Waals surface area contributed by atoms with Gasteiger partial charge in [-0.2, -0.15) is 5.10 Å². The van der Waals surface area contributed by atoms with Gasteiger partial charge in [-0.1, -0.05) is 6.07 Å². The van der Waals surface area contributed by atoms with E-state index in [1.807, 2.05) is 36.6 Å². The molecule has 0 fully saturated rings. The first-order valence-corrected chi connectivity index (χ1v) is 9.80. The summed E-state index contributed by atoms with van der Waals surface area (Å²) in [5.41, 5.74) is 8.29. The summed E-state index contributed by atoms with van der Waals surface area (Å²) >= 11 is 0. The number of aromatic amines is 2. The van der Waals surface area contributed by atoms with E-state index in [0.29, 0.717) is 6.54 Å². The molecule has 0 saturated heterocycles. The lowest BCUT2D eigenvalue weighted by Crippen LogP contribution is -1.92. The van der Waals surface area contributed by atoms with Crippen LogP contribution in [0.4, 0.5) is 0 Å². The van der Waals surface area contributed by atoms with Gasteiger partial charge in [0.2, 0.25) is 0 Å². The molecule has 0 unspecified atom stereocenters. The Hall–Kier alpha value is -4.46. The number of nitrogens with one attached hydrogen (secondary N) is 2. The minimum Gasteiger partial charge on any atom is -0.355 e. The molecule has 2 N–H and O–H groups in total. The molecule has 0 bridgehead atoms. The lowest BCUT2D eigenvalue weighted by molar-refractivity contribution is 1.01. The highest BCUT2D eigenvalue weighted by atomic mass is 15.1. The summed E-state index contributed by atoms with van der Waals surface area (Å²) in [5, 5.41) is 8.61. The molecule has 0 spiro atoms. The van der Waals surface area contributed by atoms with Crippen LogP contribution in [-0.4, -0.2) is 41.3 Å². The van der Waals surface area contributed by atoms with Gasteiger partial charge in [-0.15, -0.1) is 0 Å². The number of hydrogen-bond acceptors (Lipinski definition) is 6. The van der Waals surface area contributed by atoms with Crippen molar-refractivity contribution in [3.8, 4) is 22.6 Å². The summed E-state index contributed by atoms with van der Waals surface area (Å²) in [5.74, 6) is 0. The summed E-state index contributed by atoms with van der Waals surface area (Å²) < 4.78 is 0. The molecule has 5 aromatic rings. The van der Waals surface area contributed by atoms with Crippen molar-refractivity contribution in [2.45, 2.75) is 6.54 Å². The maximum absolute atomic E-state index is 4.56. The van der Waals surface area contributed by atoms with Gasteiger partial charge in [-0.3, -0.25) is 20.1 Å². The van der Waals surface area contributed by atoms with Crippen LogP contribution in [0.2, 0.25) is 0 Å². The van der Waals surface area contributed by atoms with Crippen molar-refractivity contribution >= 4 is 22.7 Å². The van der Waals surface area contributed by atoms with Crippen LogP contribution in [-0.2, 0) is 6.54 Å². The fourth-order valence-corrected chi connectivity index (χ4v) is 3.81. The van der Waals surface area contributed by atoms with Crippen molar-refractivity contribution in [1.29, 1.82) is 0 Å². The molecule has 0 radical (unpaired) electrons. The molecule has 1 aliphatic rings. The lowest BCUT2D eigenvalue weighted by Gasteiger charge is -2.04. The molecule has 0 amide bonds. The SMILES string of the molecule is C1=NCc2[nH]c(-c3n[nH]c4cnc(-c5cncnc5)cc34)cc2C(c2ccccn2)=C1. The Bertz CT molecular complexity index is 1450. The maximum Gasteiger partial charge on any atom is 0.116 e. The first-order chi connectivity index (χ1) is 15.4. The molecule has 0 saturated carbocycles. The second kappa shape index (κ2) is 7.10. The third kappa shape index (κ3) is 3.01. The zero-order valence-electron chi connectivity index (χ0n) is 16.3. The Balaban J connectivity index is 1.48. The van der Waals surface area contributed by atoms with Gasteiger partial charge in [-0.25, -0.2) is 9.97 Å². The van der Waals surface area contributed by atoms with E-state index in [9.17, 15) is 0 Å². The van der Waals surface area contributed by atoms with Crippen LogP contribution in [0.5, 0.6) is 0 Å². The van der Waals surface area contributed by atoms with E-state index in [0.717, 1.165) is 56.1 Å². The number of aliphatic imine (C=N–C) groups is 1. The van der Waals surface area contributed by atoms with Gasteiger partial charge in [0.15, 0.2) is 0 Å². The molecule has 0 aliphatic carbocycles. The van der Waals surface area contributed by atoms with Crippen LogP contribution in [0.3, 0.4) is 0 Å². The van der Waals surface area contributed by atoms with Crippen LogP contribution in [0, 0.1) is 0 Å². The number of fused-ring (bicyclic) bond motifs is 2. The minimum atomic E-state index is 0.568. The Morgan fingerprint density at radius 3 is 2.74 bits per heavy atom. The van der Waals surface area contributed by atoms with E-state index in [1.54, 1.807) is 24.8 Å². The zero-order valence-corrected chi connectivity index (χ0v) is 16.3. The molecule has 1 aliphatic heterocycles.